The van der Waals surface area contributed by atoms with Gasteiger partial charge in [0, 0.05) is 5.33 Å². The van der Waals surface area contributed by atoms with Crippen LogP contribution in [0.4, 0.5) is 0 Å². The van der Waals surface area contributed by atoms with Crippen LogP contribution in [-0.2, 0) is 5.33 Å². The summed E-state index contributed by atoms with van der Waals surface area (Å²) in [5.74, 6) is 0. The molecule has 0 saturated heterocycles. The van der Waals surface area contributed by atoms with Crippen molar-refractivity contribution in [2.45, 2.75) is 5.33 Å². The zero-order valence-corrected chi connectivity index (χ0v) is 11.4. The van der Waals surface area contributed by atoms with Gasteiger partial charge in [0.25, 0.3) is 0 Å². The summed E-state index contributed by atoms with van der Waals surface area (Å²) in [5.41, 5.74) is 1.33. The number of hydrogen-bond acceptors (Lipinski definition) is 0. The summed E-state index contributed by atoms with van der Waals surface area (Å²) in [6, 6.07) is 20.0. The molecule has 0 nitrogen and oxygen atoms in total. The van der Waals surface area contributed by atoms with Crippen LogP contribution in [0.3, 0.4) is 0 Å². The van der Waals surface area contributed by atoms with E-state index in [9.17, 15) is 0 Å². The van der Waals surface area contributed by atoms with Gasteiger partial charge < -0.3 is 0 Å². The number of halogens is 1. The Morgan fingerprint density at radius 3 is 1.72 bits per heavy atom. The second-order valence-electron chi connectivity index (χ2n) is 4.76. The van der Waals surface area contributed by atoms with Crippen LogP contribution in [0.25, 0.3) is 32.3 Å². The highest BCUT2D eigenvalue weighted by molar-refractivity contribution is 9.08. The first-order valence-corrected chi connectivity index (χ1v) is 7.21. The average molecular weight is 295 g/mol. The molecule has 4 aromatic carbocycles. The maximum atomic E-state index is 3.55. The summed E-state index contributed by atoms with van der Waals surface area (Å²) < 4.78 is 0. The van der Waals surface area contributed by atoms with E-state index in [-0.39, 0.29) is 0 Å². The van der Waals surface area contributed by atoms with Crippen molar-refractivity contribution in [2.75, 3.05) is 0 Å². The van der Waals surface area contributed by atoms with Gasteiger partial charge in [-0.2, -0.15) is 0 Å². The Balaban J connectivity index is 2.35. The van der Waals surface area contributed by atoms with E-state index in [0.29, 0.717) is 0 Å². The highest BCUT2D eigenvalue weighted by Crippen LogP contribution is 2.35. The van der Waals surface area contributed by atoms with Crippen LogP contribution in [0.5, 0.6) is 0 Å². The number of alkyl halides is 1. The summed E-state index contributed by atoms with van der Waals surface area (Å²) in [6.07, 6.45) is 0. The van der Waals surface area contributed by atoms with Crippen molar-refractivity contribution >= 4 is 48.2 Å². The minimum atomic E-state index is 0.906. The monoisotopic (exact) mass is 294 g/mol. The van der Waals surface area contributed by atoms with E-state index in [0.717, 1.165) is 5.33 Å². The highest BCUT2D eigenvalue weighted by Gasteiger charge is 2.08. The van der Waals surface area contributed by atoms with Crippen LogP contribution in [0.15, 0.2) is 54.6 Å². The van der Waals surface area contributed by atoms with Crippen LogP contribution in [-0.4, -0.2) is 0 Å². The minimum absolute atomic E-state index is 0.906. The lowest BCUT2D eigenvalue weighted by molar-refractivity contribution is 1.48. The lowest BCUT2D eigenvalue weighted by atomic mass is 9.93. The molecule has 0 heterocycles. The summed E-state index contributed by atoms with van der Waals surface area (Å²) in [6.45, 7) is 0. The molecular formula is C17H11Br. The molecule has 0 aliphatic heterocycles. The fourth-order valence-corrected chi connectivity index (χ4v) is 3.22. The van der Waals surface area contributed by atoms with E-state index in [1.54, 1.807) is 0 Å². The Hall–Kier alpha value is -1.60. The molecule has 0 radical (unpaired) electrons. The molecule has 0 aliphatic carbocycles. The lowest BCUT2D eigenvalue weighted by Gasteiger charge is -2.11. The molecule has 18 heavy (non-hydrogen) atoms. The maximum Gasteiger partial charge on any atom is 0.0283 e. The van der Waals surface area contributed by atoms with Crippen molar-refractivity contribution in [3.63, 3.8) is 0 Å². The van der Waals surface area contributed by atoms with E-state index >= 15 is 0 Å². The Labute approximate surface area is 114 Å². The van der Waals surface area contributed by atoms with E-state index in [1.165, 1.54) is 37.9 Å². The number of hydrogen-bond donors (Lipinski definition) is 0. The molecule has 0 fully saturated rings. The summed E-state index contributed by atoms with van der Waals surface area (Å²) >= 11 is 3.55. The Bertz CT molecular complexity index is 797. The molecule has 0 aliphatic rings. The standard InChI is InChI=1S/C17H11Br/c18-10-11-8-14-6-4-12-2-1-3-13-5-7-15(9-11)17(14)16(12)13/h1-9H,10H2. The van der Waals surface area contributed by atoms with Crippen LogP contribution in [0.2, 0.25) is 0 Å². The largest absolute Gasteiger partial charge is 0.0876 e. The second kappa shape index (κ2) is 3.69. The third kappa shape index (κ3) is 1.31. The topological polar surface area (TPSA) is 0 Å². The molecule has 4 aromatic rings. The highest BCUT2D eigenvalue weighted by atomic mass is 79.9. The fraction of sp³-hybridized carbons (Fsp3) is 0.0588. The molecule has 0 amide bonds. The average Bonchev–Trinajstić information content (AvgIpc) is 2.44. The van der Waals surface area contributed by atoms with Gasteiger partial charge in [-0.15, -0.1) is 0 Å². The SMILES string of the molecule is BrCc1cc2ccc3cccc4ccc(c1)c2c34. The van der Waals surface area contributed by atoms with Gasteiger partial charge in [0.2, 0.25) is 0 Å². The minimum Gasteiger partial charge on any atom is -0.0876 e. The van der Waals surface area contributed by atoms with Crippen molar-refractivity contribution < 1.29 is 0 Å². The first kappa shape index (κ1) is 10.3. The Morgan fingerprint density at radius 2 is 1.17 bits per heavy atom. The van der Waals surface area contributed by atoms with Gasteiger partial charge in [0.05, 0.1) is 0 Å². The molecule has 0 saturated carbocycles. The molecule has 0 bridgehead atoms. The molecule has 0 spiro atoms. The van der Waals surface area contributed by atoms with Gasteiger partial charge in [-0.3, -0.25) is 0 Å². The van der Waals surface area contributed by atoms with Gasteiger partial charge in [-0.25, -0.2) is 0 Å². The third-order valence-electron chi connectivity index (χ3n) is 3.68. The molecule has 0 N–H and O–H groups in total. The first-order valence-electron chi connectivity index (χ1n) is 6.09. The first-order chi connectivity index (χ1) is 8.86. The summed E-state index contributed by atoms with van der Waals surface area (Å²) in [4.78, 5) is 0. The third-order valence-corrected chi connectivity index (χ3v) is 4.32. The van der Waals surface area contributed by atoms with Crippen LogP contribution in [0, 0.1) is 0 Å². The van der Waals surface area contributed by atoms with E-state index in [2.05, 4.69) is 70.5 Å². The van der Waals surface area contributed by atoms with Crippen LogP contribution >= 0.6 is 15.9 Å². The predicted molar refractivity (Wildman–Crippen MR) is 82.8 cm³/mol. The molecule has 86 valence electrons. The summed E-state index contributed by atoms with van der Waals surface area (Å²) in [5, 5.41) is 9.04. The van der Waals surface area contributed by atoms with Gasteiger partial charge >= 0.3 is 0 Å². The smallest absolute Gasteiger partial charge is 0.0283 e. The van der Waals surface area contributed by atoms with Gasteiger partial charge in [-0.1, -0.05) is 70.5 Å². The van der Waals surface area contributed by atoms with Crippen molar-refractivity contribution in [3.05, 3.63) is 60.2 Å². The van der Waals surface area contributed by atoms with E-state index in [1.807, 2.05) is 0 Å². The van der Waals surface area contributed by atoms with Gasteiger partial charge in [-0.05, 0) is 37.9 Å². The number of rotatable bonds is 1. The van der Waals surface area contributed by atoms with E-state index < -0.39 is 0 Å². The molecule has 0 unspecified atom stereocenters. The van der Waals surface area contributed by atoms with Crippen molar-refractivity contribution in [1.82, 2.24) is 0 Å². The second-order valence-corrected chi connectivity index (χ2v) is 5.32. The van der Waals surface area contributed by atoms with Crippen molar-refractivity contribution in [1.29, 1.82) is 0 Å². The molecule has 1 heteroatoms. The number of benzene rings is 4. The molecule has 0 atom stereocenters. The van der Waals surface area contributed by atoms with Gasteiger partial charge in [0.1, 0.15) is 0 Å². The zero-order chi connectivity index (χ0) is 12.1. The normalized spacial score (nSPS) is 11.8. The Morgan fingerprint density at radius 1 is 0.667 bits per heavy atom. The quantitative estimate of drug-likeness (QED) is 0.322. The van der Waals surface area contributed by atoms with Crippen LogP contribution < -0.4 is 0 Å². The lowest BCUT2D eigenvalue weighted by Crippen LogP contribution is -1.85. The van der Waals surface area contributed by atoms with E-state index in [4.69, 9.17) is 0 Å². The molecule has 0 aromatic heterocycles. The van der Waals surface area contributed by atoms with Crippen molar-refractivity contribution in [2.24, 2.45) is 0 Å². The summed E-state index contributed by atoms with van der Waals surface area (Å²) in [7, 11) is 0. The Kier molecular flexibility index (Phi) is 2.12. The van der Waals surface area contributed by atoms with Gasteiger partial charge in [0.15, 0.2) is 0 Å². The zero-order valence-electron chi connectivity index (χ0n) is 9.78. The fourth-order valence-electron chi connectivity index (χ4n) is 2.90. The van der Waals surface area contributed by atoms with Crippen LogP contribution in [0.1, 0.15) is 5.56 Å². The maximum absolute atomic E-state index is 3.55. The van der Waals surface area contributed by atoms with Crippen molar-refractivity contribution in [3.8, 4) is 0 Å². The molecule has 4 rings (SSSR count). The predicted octanol–water partition coefficient (Wildman–Crippen LogP) is 5.48. The molecular weight excluding hydrogens is 284 g/mol.